The number of carbonyl (C=O) groups is 1. The highest BCUT2D eigenvalue weighted by Gasteiger charge is 2.19. The van der Waals surface area contributed by atoms with E-state index in [0.29, 0.717) is 18.1 Å². The van der Waals surface area contributed by atoms with Gasteiger partial charge in [-0.05, 0) is 42.3 Å². The van der Waals surface area contributed by atoms with Gasteiger partial charge in [-0.1, -0.05) is 39.0 Å². The number of hydrogen-bond acceptors (Lipinski definition) is 5. The van der Waals surface area contributed by atoms with E-state index in [1.807, 2.05) is 62.4 Å². The monoisotopic (exact) mass is 403 g/mol. The lowest BCUT2D eigenvalue weighted by molar-refractivity contribution is 0.102. The average Bonchev–Trinajstić information content (AvgIpc) is 2.80. The molecule has 6 heteroatoms. The fourth-order valence-electron chi connectivity index (χ4n) is 3.42. The van der Waals surface area contributed by atoms with Crippen LogP contribution >= 0.6 is 0 Å². The van der Waals surface area contributed by atoms with Gasteiger partial charge in [0.05, 0.1) is 5.69 Å². The average molecular weight is 404 g/mol. The summed E-state index contributed by atoms with van der Waals surface area (Å²) >= 11 is 0. The maximum atomic E-state index is 12.7. The van der Waals surface area contributed by atoms with Gasteiger partial charge in [0.1, 0.15) is 0 Å². The Hall–Kier alpha value is -3.41. The number of fused-ring (bicyclic) bond motifs is 1. The van der Waals surface area contributed by atoms with E-state index in [4.69, 9.17) is 5.73 Å². The number of carbonyl (C=O) groups excluding carboxylic acids is 1. The van der Waals surface area contributed by atoms with Crippen LogP contribution in [-0.2, 0) is 19.4 Å². The molecule has 2 aromatic carbocycles. The smallest absolute Gasteiger partial charge is 0.255 e. The minimum absolute atomic E-state index is 0.111. The van der Waals surface area contributed by atoms with Gasteiger partial charge in [-0.3, -0.25) is 4.79 Å². The van der Waals surface area contributed by atoms with Gasteiger partial charge in [0, 0.05) is 48.2 Å². The van der Waals surface area contributed by atoms with Gasteiger partial charge in [-0.25, -0.2) is 9.97 Å². The third-order valence-electron chi connectivity index (χ3n) is 5.05. The van der Waals surface area contributed by atoms with E-state index in [9.17, 15) is 4.79 Å². The van der Waals surface area contributed by atoms with Crippen molar-refractivity contribution in [1.29, 1.82) is 0 Å². The summed E-state index contributed by atoms with van der Waals surface area (Å²) in [6.07, 6.45) is 3.58. The normalized spacial score (nSPS) is 12.4. The zero-order valence-electron chi connectivity index (χ0n) is 17.9. The zero-order chi connectivity index (χ0) is 21.5. The maximum absolute atomic E-state index is 12.7. The molecular formula is C24H29N5O. The predicted octanol–water partition coefficient (Wildman–Crippen LogP) is 4.46. The molecule has 0 spiro atoms. The number of nitrogens with zero attached hydrogens (tertiary/aromatic N) is 3. The van der Waals surface area contributed by atoms with Gasteiger partial charge in [0.15, 0.2) is 0 Å². The molecule has 1 aliphatic rings. The molecule has 0 fully saturated rings. The summed E-state index contributed by atoms with van der Waals surface area (Å²) in [4.78, 5) is 23.3. The standard InChI is InChI=1S/C22H23N5O.C2H6/c1-2-15-6-8-18(9-7-15)25-21(28)16-4-3-5-19(12-16)27-11-10-20-17(14-27)13-24-22(23)26-20;1-2/h3-9,12-13H,2,10-11,14H2,1H3,(H,25,28)(H2,23,24,26);1-2H3. The molecule has 0 saturated carbocycles. The van der Waals surface area contributed by atoms with Crippen molar-refractivity contribution < 1.29 is 4.79 Å². The molecule has 0 unspecified atom stereocenters. The molecule has 0 aliphatic carbocycles. The minimum Gasteiger partial charge on any atom is -0.368 e. The molecule has 6 nitrogen and oxygen atoms in total. The lowest BCUT2D eigenvalue weighted by Gasteiger charge is -2.30. The predicted molar refractivity (Wildman–Crippen MR) is 123 cm³/mol. The molecule has 156 valence electrons. The van der Waals surface area contributed by atoms with Crippen molar-refractivity contribution in [3.8, 4) is 0 Å². The molecule has 3 aromatic rings. The summed E-state index contributed by atoms with van der Waals surface area (Å²) in [5.74, 6) is 0.206. The Labute approximate surface area is 178 Å². The number of hydrogen-bond donors (Lipinski definition) is 2. The molecule has 0 bridgehead atoms. The maximum Gasteiger partial charge on any atom is 0.255 e. The number of nitrogens with two attached hydrogens (primary N) is 1. The van der Waals surface area contributed by atoms with E-state index in [0.717, 1.165) is 42.0 Å². The van der Waals surface area contributed by atoms with Crippen molar-refractivity contribution in [1.82, 2.24) is 9.97 Å². The van der Waals surface area contributed by atoms with Crippen molar-refractivity contribution in [3.63, 3.8) is 0 Å². The summed E-state index contributed by atoms with van der Waals surface area (Å²) in [5.41, 5.74) is 11.5. The van der Waals surface area contributed by atoms with E-state index in [1.54, 1.807) is 6.20 Å². The van der Waals surface area contributed by atoms with Gasteiger partial charge < -0.3 is 16.0 Å². The first-order chi connectivity index (χ1) is 14.6. The lowest BCUT2D eigenvalue weighted by atomic mass is 10.1. The summed E-state index contributed by atoms with van der Waals surface area (Å²) in [7, 11) is 0. The number of aromatic nitrogens is 2. The molecule has 4 rings (SSSR count). The second kappa shape index (κ2) is 9.87. The van der Waals surface area contributed by atoms with Crippen LogP contribution in [0.4, 0.5) is 17.3 Å². The van der Waals surface area contributed by atoms with Crippen LogP contribution in [0.3, 0.4) is 0 Å². The van der Waals surface area contributed by atoms with Crippen molar-refractivity contribution >= 4 is 23.2 Å². The van der Waals surface area contributed by atoms with Gasteiger partial charge in [0.25, 0.3) is 5.91 Å². The van der Waals surface area contributed by atoms with Gasteiger partial charge >= 0.3 is 0 Å². The van der Waals surface area contributed by atoms with Crippen molar-refractivity contribution in [2.75, 3.05) is 22.5 Å². The number of nitrogens with one attached hydrogen (secondary N) is 1. The minimum atomic E-state index is -0.111. The largest absolute Gasteiger partial charge is 0.368 e. The quantitative estimate of drug-likeness (QED) is 0.672. The second-order valence-electron chi connectivity index (χ2n) is 6.93. The highest BCUT2D eigenvalue weighted by Crippen LogP contribution is 2.24. The summed E-state index contributed by atoms with van der Waals surface area (Å²) in [6.45, 7) is 7.64. The highest BCUT2D eigenvalue weighted by molar-refractivity contribution is 6.04. The Morgan fingerprint density at radius 3 is 2.67 bits per heavy atom. The molecular weight excluding hydrogens is 374 g/mol. The third-order valence-corrected chi connectivity index (χ3v) is 5.05. The van der Waals surface area contributed by atoms with E-state index < -0.39 is 0 Å². The number of anilines is 3. The SMILES string of the molecule is CC.CCc1ccc(NC(=O)c2cccc(N3CCc4nc(N)ncc4C3)c2)cc1. The first-order valence-electron chi connectivity index (χ1n) is 10.5. The Kier molecular flexibility index (Phi) is 7.01. The Bertz CT molecular complexity index is 1000. The Morgan fingerprint density at radius 1 is 1.17 bits per heavy atom. The van der Waals surface area contributed by atoms with Crippen LogP contribution < -0.4 is 16.0 Å². The number of rotatable bonds is 4. The topological polar surface area (TPSA) is 84.1 Å². The zero-order valence-corrected chi connectivity index (χ0v) is 17.9. The Morgan fingerprint density at radius 2 is 1.93 bits per heavy atom. The van der Waals surface area contributed by atoms with Crippen LogP contribution in [0.5, 0.6) is 0 Å². The van der Waals surface area contributed by atoms with Crippen molar-refractivity contribution in [3.05, 3.63) is 77.1 Å². The number of amides is 1. The fraction of sp³-hybridized carbons (Fsp3) is 0.292. The van der Waals surface area contributed by atoms with E-state index >= 15 is 0 Å². The van der Waals surface area contributed by atoms with Crippen LogP contribution in [-0.4, -0.2) is 22.4 Å². The van der Waals surface area contributed by atoms with Crippen LogP contribution in [0, 0.1) is 0 Å². The van der Waals surface area contributed by atoms with Crippen LogP contribution in [0.1, 0.15) is 48.0 Å². The fourth-order valence-corrected chi connectivity index (χ4v) is 3.42. The molecule has 30 heavy (non-hydrogen) atoms. The number of nitrogen functional groups attached to an aromatic ring is 1. The number of aryl methyl sites for hydroxylation is 1. The van der Waals surface area contributed by atoms with Crippen molar-refractivity contribution in [2.45, 2.75) is 40.2 Å². The van der Waals surface area contributed by atoms with Gasteiger partial charge in [-0.2, -0.15) is 0 Å². The van der Waals surface area contributed by atoms with Gasteiger partial charge in [-0.15, -0.1) is 0 Å². The van der Waals surface area contributed by atoms with Crippen molar-refractivity contribution in [2.24, 2.45) is 0 Å². The Balaban J connectivity index is 0.00000124. The lowest BCUT2D eigenvalue weighted by Crippen LogP contribution is -2.31. The third kappa shape index (κ3) is 4.95. The highest BCUT2D eigenvalue weighted by atomic mass is 16.1. The van der Waals surface area contributed by atoms with Crippen LogP contribution in [0.25, 0.3) is 0 Å². The van der Waals surface area contributed by atoms with Crippen LogP contribution in [0.15, 0.2) is 54.7 Å². The number of benzene rings is 2. The van der Waals surface area contributed by atoms with Gasteiger partial charge in [0.2, 0.25) is 5.95 Å². The molecule has 1 aromatic heterocycles. The molecule has 0 atom stereocenters. The summed E-state index contributed by atoms with van der Waals surface area (Å²) in [6, 6.07) is 15.6. The molecule has 3 N–H and O–H groups in total. The summed E-state index contributed by atoms with van der Waals surface area (Å²) < 4.78 is 0. The second-order valence-corrected chi connectivity index (χ2v) is 6.93. The molecule has 1 amide bonds. The molecule has 0 saturated heterocycles. The first kappa shape index (κ1) is 21.3. The van der Waals surface area contributed by atoms with Crippen LogP contribution in [0.2, 0.25) is 0 Å². The van der Waals surface area contributed by atoms with E-state index in [2.05, 4.69) is 27.1 Å². The summed E-state index contributed by atoms with van der Waals surface area (Å²) in [5, 5.41) is 2.97. The molecule has 2 heterocycles. The molecule has 1 aliphatic heterocycles. The van der Waals surface area contributed by atoms with E-state index in [-0.39, 0.29) is 5.91 Å². The first-order valence-corrected chi connectivity index (χ1v) is 10.5. The van der Waals surface area contributed by atoms with E-state index in [1.165, 1.54) is 5.56 Å². The molecule has 0 radical (unpaired) electrons.